The first-order chi connectivity index (χ1) is 12.1. The van der Waals surface area contributed by atoms with E-state index >= 15 is 0 Å². The minimum atomic E-state index is -0.137. The highest BCUT2D eigenvalue weighted by molar-refractivity contribution is 7.22. The van der Waals surface area contributed by atoms with E-state index in [0.29, 0.717) is 5.56 Å². The van der Waals surface area contributed by atoms with Gasteiger partial charge in [0.2, 0.25) is 5.13 Å². The molecule has 128 valence electrons. The Kier molecular flexibility index (Phi) is 4.17. The van der Waals surface area contributed by atoms with Crippen molar-refractivity contribution in [1.82, 2.24) is 10.4 Å². The monoisotopic (exact) mass is 351 g/mol. The Bertz CT molecular complexity index is 961. The Morgan fingerprint density at radius 1 is 1.12 bits per heavy atom. The molecule has 1 aliphatic carbocycles. The first-order valence-electron chi connectivity index (χ1n) is 8.67. The molecule has 4 rings (SSSR count). The molecule has 0 unspecified atom stereocenters. The van der Waals surface area contributed by atoms with Crippen molar-refractivity contribution in [1.29, 1.82) is 0 Å². The molecular formula is C20H21N3OS. The zero-order chi connectivity index (χ0) is 17.4. The lowest BCUT2D eigenvalue weighted by Gasteiger charge is -2.15. The number of thiazole rings is 1. The van der Waals surface area contributed by atoms with Crippen molar-refractivity contribution in [3.63, 3.8) is 0 Å². The molecule has 2 aromatic carbocycles. The summed E-state index contributed by atoms with van der Waals surface area (Å²) in [7, 11) is 0. The van der Waals surface area contributed by atoms with Crippen molar-refractivity contribution in [2.24, 2.45) is 0 Å². The molecule has 0 fully saturated rings. The highest BCUT2D eigenvalue weighted by Gasteiger charge is 2.16. The van der Waals surface area contributed by atoms with Crippen LogP contribution in [-0.4, -0.2) is 10.9 Å². The fraction of sp³-hybridized carbons (Fsp3) is 0.300. The molecule has 0 spiro atoms. The lowest BCUT2D eigenvalue weighted by atomic mass is 9.91. The van der Waals surface area contributed by atoms with Gasteiger partial charge in [-0.2, -0.15) is 0 Å². The number of hydrogen-bond acceptors (Lipinski definition) is 4. The van der Waals surface area contributed by atoms with Crippen LogP contribution in [0.15, 0.2) is 30.3 Å². The van der Waals surface area contributed by atoms with Crippen molar-refractivity contribution < 1.29 is 4.79 Å². The number of benzene rings is 2. The van der Waals surface area contributed by atoms with Gasteiger partial charge in [0.1, 0.15) is 0 Å². The van der Waals surface area contributed by atoms with Gasteiger partial charge in [-0.15, -0.1) is 0 Å². The number of fused-ring (bicyclic) bond motifs is 3. The molecule has 1 aliphatic rings. The maximum Gasteiger partial charge on any atom is 0.269 e. The summed E-state index contributed by atoms with van der Waals surface area (Å²) in [5.41, 5.74) is 12.4. The Hall–Kier alpha value is -2.40. The van der Waals surface area contributed by atoms with E-state index in [2.05, 4.69) is 23.0 Å². The molecule has 4 nitrogen and oxygen atoms in total. The summed E-state index contributed by atoms with van der Waals surface area (Å²) in [4.78, 5) is 17.2. The van der Waals surface area contributed by atoms with E-state index in [4.69, 9.17) is 4.98 Å². The quantitative estimate of drug-likeness (QED) is 0.681. The average Bonchev–Trinajstić information content (AvgIpc) is 3.05. The van der Waals surface area contributed by atoms with Gasteiger partial charge in [0.05, 0.1) is 10.2 Å². The molecule has 0 aliphatic heterocycles. The van der Waals surface area contributed by atoms with Gasteiger partial charge >= 0.3 is 0 Å². The zero-order valence-electron chi connectivity index (χ0n) is 14.5. The number of nitrogens with one attached hydrogen (secondary N) is 2. The third-order valence-corrected chi connectivity index (χ3v) is 5.74. The van der Waals surface area contributed by atoms with E-state index in [0.717, 1.165) is 34.6 Å². The molecular weight excluding hydrogens is 330 g/mol. The van der Waals surface area contributed by atoms with Crippen LogP contribution in [0, 0.1) is 13.8 Å². The van der Waals surface area contributed by atoms with Crippen LogP contribution in [0.1, 0.15) is 45.5 Å². The van der Waals surface area contributed by atoms with Gasteiger partial charge in [-0.25, -0.2) is 4.98 Å². The largest absolute Gasteiger partial charge is 0.273 e. The van der Waals surface area contributed by atoms with Gasteiger partial charge in [0, 0.05) is 5.56 Å². The minimum absolute atomic E-state index is 0.137. The van der Waals surface area contributed by atoms with Crippen molar-refractivity contribution in [2.75, 3.05) is 5.43 Å². The number of nitrogens with zero attached hydrogens (tertiary/aromatic N) is 1. The zero-order valence-corrected chi connectivity index (χ0v) is 15.3. The molecule has 0 saturated carbocycles. The minimum Gasteiger partial charge on any atom is -0.273 e. The molecule has 5 heteroatoms. The number of carbonyl (C=O) groups excluding carboxylic acids is 1. The SMILES string of the molecule is Cc1ccc(C)c(C(=O)NNc2nc3c4c(ccc3s2)CCCC4)c1. The summed E-state index contributed by atoms with van der Waals surface area (Å²) < 4.78 is 1.17. The number of rotatable bonds is 3. The van der Waals surface area contributed by atoms with Crippen LogP contribution in [0.25, 0.3) is 10.2 Å². The summed E-state index contributed by atoms with van der Waals surface area (Å²) in [6, 6.07) is 10.3. The third-order valence-electron chi connectivity index (χ3n) is 4.81. The summed E-state index contributed by atoms with van der Waals surface area (Å²) >= 11 is 1.58. The van der Waals surface area contributed by atoms with Gasteiger partial charge in [0.25, 0.3) is 5.91 Å². The number of aryl methyl sites for hydroxylation is 4. The van der Waals surface area contributed by atoms with E-state index in [1.54, 1.807) is 11.3 Å². The van der Waals surface area contributed by atoms with Crippen molar-refractivity contribution >= 4 is 32.6 Å². The average molecular weight is 351 g/mol. The van der Waals surface area contributed by atoms with E-state index in [9.17, 15) is 4.79 Å². The lowest BCUT2D eigenvalue weighted by Crippen LogP contribution is -2.29. The summed E-state index contributed by atoms with van der Waals surface area (Å²) in [5, 5.41) is 0.729. The van der Waals surface area contributed by atoms with E-state index in [1.807, 2.05) is 32.0 Å². The first kappa shape index (κ1) is 16.1. The number of hydrogen-bond donors (Lipinski definition) is 2. The summed E-state index contributed by atoms with van der Waals surface area (Å²) in [5.74, 6) is -0.137. The normalized spacial score (nSPS) is 13.5. The van der Waals surface area contributed by atoms with Crippen LogP contribution in [0.5, 0.6) is 0 Å². The Morgan fingerprint density at radius 2 is 1.96 bits per heavy atom. The standard InChI is InChI=1S/C20H21N3OS/c1-12-7-8-13(2)16(11-12)19(24)22-23-20-21-18-15-6-4-3-5-14(15)9-10-17(18)25-20/h7-11H,3-6H2,1-2H3,(H,21,23)(H,22,24). The van der Waals surface area contributed by atoms with Crippen LogP contribution in [0.4, 0.5) is 5.13 Å². The maximum absolute atomic E-state index is 12.4. The molecule has 0 radical (unpaired) electrons. The third kappa shape index (κ3) is 3.12. The van der Waals surface area contributed by atoms with Crippen LogP contribution in [-0.2, 0) is 12.8 Å². The van der Waals surface area contributed by atoms with E-state index in [1.165, 1.54) is 28.7 Å². The van der Waals surface area contributed by atoms with Crippen molar-refractivity contribution in [3.05, 3.63) is 58.1 Å². The van der Waals surface area contributed by atoms with Crippen LogP contribution in [0.3, 0.4) is 0 Å². The molecule has 1 heterocycles. The summed E-state index contributed by atoms with van der Waals surface area (Å²) in [6.45, 7) is 3.93. The van der Waals surface area contributed by atoms with Crippen LogP contribution < -0.4 is 10.9 Å². The second-order valence-corrected chi connectivity index (χ2v) is 7.70. The van der Waals surface area contributed by atoms with Gasteiger partial charge in [0.15, 0.2) is 0 Å². The molecule has 25 heavy (non-hydrogen) atoms. The molecule has 0 saturated heterocycles. The van der Waals surface area contributed by atoms with Crippen molar-refractivity contribution in [2.45, 2.75) is 39.5 Å². The predicted octanol–water partition coefficient (Wildman–Crippen LogP) is 4.55. The van der Waals surface area contributed by atoms with Crippen molar-refractivity contribution in [3.8, 4) is 0 Å². The molecule has 2 N–H and O–H groups in total. The molecule has 1 amide bonds. The van der Waals surface area contributed by atoms with E-state index < -0.39 is 0 Å². The van der Waals surface area contributed by atoms with Gasteiger partial charge in [-0.1, -0.05) is 35.1 Å². The first-order valence-corrected chi connectivity index (χ1v) is 9.48. The molecule has 0 bridgehead atoms. The number of anilines is 1. The fourth-order valence-electron chi connectivity index (χ4n) is 3.43. The highest BCUT2D eigenvalue weighted by Crippen LogP contribution is 2.33. The van der Waals surface area contributed by atoms with Gasteiger partial charge < -0.3 is 0 Å². The van der Waals surface area contributed by atoms with Crippen LogP contribution in [0.2, 0.25) is 0 Å². The van der Waals surface area contributed by atoms with Gasteiger partial charge in [-0.05, 0) is 68.4 Å². The number of aromatic nitrogens is 1. The topological polar surface area (TPSA) is 54.0 Å². The molecule has 0 atom stereocenters. The number of hydrazine groups is 1. The molecule has 1 aromatic heterocycles. The Morgan fingerprint density at radius 3 is 2.84 bits per heavy atom. The lowest BCUT2D eigenvalue weighted by molar-refractivity contribution is 0.0962. The second kappa shape index (κ2) is 6.48. The van der Waals surface area contributed by atoms with Crippen LogP contribution >= 0.6 is 11.3 Å². The van der Waals surface area contributed by atoms with Gasteiger partial charge in [-0.3, -0.25) is 15.6 Å². The van der Waals surface area contributed by atoms with E-state index in [-0.39, 0.29) is 5.91 Å². The second-order valence-electron chi connectivity index (χ2n) is 6.67. The summed E-state index contributed by atoms with van der Waals surface area (Å²) in [6.07, 6.45) is 4.75. The highest BCUT2D eigenvalue weighted by atomic mass is 32.1. The number of amides is 1. The number of carbonyl (C=O) groups is 1. The Balaban J connectivity index is 1.55. The fourth-order valence-corrected chi connectivity index (χ4v) is 4.28. The smallest absolute Gasteiger partial charge is 0.269 e. The molecule has 3 aromatic rings. The Labute approximate surface area is 151 Å². The maximum atomic E-state index is 12.4. The predicted molar refractivity (Wildman–Crippen MR) is 103 cm³/mol.